The maximum absolute atomic E-state index is 5.86. The van der Waals surface area contributed by atoms with Crippen molar-refractivity contribution < 1.29 is 4.43 Å². The monoisotopic (exact) mass is 218 g/mol. The zero-order valence-electron chi connectivity index (χ0n) is 10.4. The van der Waals surface area contributed by atoms with Crippen molar-refractivity contribution in [2.45, 2.75) is 58.2 Å². The van der Waals surface area contributed by atoms with E-state index >= 15 is 0 Å². The fourth-order valence-corrected chi connectivity index (χ4v) is 2.69. The van der Waals surface area contributed by atoms with Gasteiger partial charge in [-0.05, 0) is 31.6 Å². The third-order valence-electron chi connectivity index (χ3n) is 2.56. The minimum Gasteiger partial charge on any atom is -0.418 e. The van der Waals surface area contributed by atoms with Crippen LogP contribution in [0.1, 0.15) is 13.3 Å². The number of rotatable bonds is 5. The predicted molar refractivity (Wildman–Crippen MR) is 66.7 cm³/mol. The van der Waals surface area contributed by atoms with Gasteiger partial charge in [-0.3, -0.25) is 0 Å². The lowest BCUT2D eigenvalue weighted by molar-refractivity contribution is 0.302. The summed E-state index contributed by atoms with van der Waals surface area (Å²) >= 11 is 0. The van der Waals surface area contributed by atoms with E-state index in [1.54, 1.807) is 0 Å². The first-order valence-corrected chi connectivity index (χ1v) is 12.3. The van der Waals surface area contributed by atoms with Crippen LogP contribution in [0.15, 0.2) is 0 Å². The molecule has 0 rings (SSSR count). The van der Waals surface area contributed by atoms with Gasteiger partial charge in [0.1, 0.15) is 0 Å². The van der Waals surface area contributed by atoms with Gasteiger partial charge in [-0.1, -0.05) is 26.6 Å². The molecule has 0 aromatic rings. The van der Waals surface area contributed by atoms with Crippen molar-refractivity contribution in [1.29, 1.82) is 0 Å². The molecule has 0 aromatic carbocycles. The Hall–Kier alpha value is 0.394. The Morgan fingerprint density at radius 3 is 1.77 bits per heavy atom. The minimum absolute atomic E-state index is 0.879. The van der Waals surface area contributed by atoms with Crippen molar-refractivity contribution in [2.24, 2.45) is 0 Å². The van der Waals surface area contributed by atoms with Crippen LogP contribution >= 0.6 is 0 Å². The SMILES string of the molecule is CC(CCO[Si](C)(C)C)[Si](C)(C)C. The number of hydrogen-bond donors (Lipinski definition) is 0. The molecule has 0 aliphatic rings. The fraction of sp³-hybridized carbons (Fsp3) is 1.00. The molecule has 0 aliphatic carbocycles. The standard InChI is InChI=1S/C10H26OSi2/c1-10(12(2,3)4)8-9-11-13(5,6)7/h10H,8-9H2,1-7H3. The Morgan fingerprint density at radius 2 is 1.46 bits per heavy atom. The smallest absolute Gasteiger partial charge is 0.183 e. The van der Waals surface area contributed by atoms with Crippen molar-refractivity contribution in [3.05, 3.63) is 0 Å². The topological polar surface area (TPSA) is 9.23 Å². The minimum atomic E-state index is -1.27. The molecule has 0 amide bonds. The second-order valence-electron chi connectivity index (χ2n) is 6.02. The summed E-state index contributed by atoms with van der Waals surface area (Å²) in [6, 6.07) is 0. The van der Waals surface area contributed by atoms with Crippen LogP contribution in [0, 0.1) is 0 Å². The zero-order valence-corrected chi connectivity index (χ0v) is 12.4. The van der Waals surface area contributed by atoms with Crippen molar-refractivity contribution in [3.63, 3.8) is 0 Å². The Labute approximate surface area is 86.0 Å². The summed E-state index contributed by atoms with van der Waals surface area (Å²) in [5.74, 6) is 0. The van der Waals surface area contributed by atoms with Crippen LogP contribution in [0.25, 0.3) is 0 Å². The molecule has 0 saturated heterocycles. The van der Waals surface area contributed by atoms with E-state index in [0.29, 0.717) is 0 Å². The van der Waals surface area contributed by atoms with E-state index in [9.17, 15) is 0 Å². The van der Waals surface area contributed by atoms with Crippen molar-refractivity contribution in [2.75, 3.05) is 6.61 Å². The van der Waals surface area contributed by atoms with Gasteiger partial charge in [0.15, 0.2) is 8.32 Å². The van der Waals surface area contributed by atoms with Gasteiger partial charge in [0.2, 0.25) is 0 Å². The molecule has 0 saturated carbocycles. The van der Waals surface area contributed by atoms with Crippen molar-refractivity contribution in [1.82, 2.24) is 0 Å². The highest BCUT2D eigenvalue weighted by atomic mass is 28.4. The van der Waals surface area contributed by atoms with Crippen LogP contribution in [0.4, 0.5) is 0 Å². The molecule has 13 heavy (non-hydrogen) atoms. The highest BCUT2D eigenvalue weighted by molar-refractivity contribution is 6.77. The molecule has 80 valence electrons. The lowest BCUT2D eigenvalue weighted by atomic mass is 10.3. The molecule has 0 N–H and O–H groups in total. The summed E-state index contributed by atoms with van der Waals surface area (Å²) in [4.78, 5) is 0. The third kappa shape index (κ3) is 7.46. The first kappa shape index (κ1) is 13.4. The molecule has 0 spiro atoms. The molecule has 3 heteroatoms. The lowest BCUT2D eigenvalue weighted by Gasteiger charge is -2.26. The van der Waals surface area contributed by atoms with E-state index in [1.165, 1.54) is 6.42 Å². The van der Waals surface area contributed by atoms with E-state index in [-0.39, 0.29) is 0 Å². The second-order valence-corrected chi connectivity index (χ2v) is 16.2. The van der Waals surface area contributed by atoms with E-state index in [1.807, 2.05) is 0 Å². The van der Waals surface area contributed by atoms with Crippen molar-refractivity contribution in [3.8, 4) is 0 Å². The maximum atomic E-state index is 5.86. The third-order valence-corrected chi connectivity index (χ3v) is 6.88. The quantitative estimate of drug-likeness (QED) is 0.635. The Balaban J connectivity index is 3.67. The van der Waals surface area contributed by atoms with Crippen LogP contribution < -0.4 is 0 Å². The predicted octanol–water partition coefficient (Wildman–Crippen LogP) is 3.96. The normalized spacial score (nSPS) is 15.9. The zero-order chi connectivity index (χ0) is 10.7. The molecule has 0 heterocycles. The molecule has 0 aromatic heterocycles. The lowest BCUT2D eigenvalue weighted by Crippen LogP contribution is -2.30. The molecular weight excluding hydrogens is 192 g/mol. The highest BCUT2D eigenvalue weighted by Gasteiger charge is 2.22. The molecule has 1 unspecified atom stereocenters. The summed E-state index contributed by atoms with van der Waals surface area (Å²) in [5.41, 5.74) is 0.879. The van der Waals surface area contributed by atoms with Crippen LogP contribution in [0.5, 0.6) is 0 Å². The van der Waals surface area contributed by atoms with Gasteiger partial charge in [-0.25, -0.2) is 0 Å². The fourth-order valence-electron chi connectivity index (χ4n) is 0.975. The summed E-state index contributed by atoms with van der Waals surface area (Å²) in [5, 5.41) is 0. The van der Waals surface area contributed by atoms with Crippen LogP contribution in [0.3, 0.4) is 0 Å². The molecule has 0 fully saturated rings. The van der Waals surface area contributed by atoms with Crippen molar-refractivity contribution >= 4 is 16.4 Å². The molecule has 1 nitrogen and oxygen atoms in total. The summed E-state index contributed by atoms with van der Waals surface area (Å²) < 4.78 is 5.86. The van der Waals surface area contributed by atoms with Gasteiger partial charge in [0.05, 0.1) is 0 Å². The highest BCUT2D eigenvalue weighted by Crippen LogP contribution is 2.24. The average Bonchev–Trinajstić information content (AvgIpc) is 1.82. The first-order chi connectivity index (χ1) is 5.63. The van der Waals surface area contributed by atoms with Crippen LogP contribution in [0.2, 0.25) is 44.8 Å². The van der Waals surface area contributed by atoms with Gasteiger partial charge in [0.25, 0.3) is 0 Å². The average molecular weight is 218 g/mol. The number of hydrogen-bond acceptors (Lipinski definition) is 1. The summed E-state index contributed by atoms with van der Waals surface area (Å²) in [7, 11) is -2.19. The van der Waals surface area contributed by atoms with Gasteiger partial charge in [-0.15, -0.1) is 0 Å². The Bertz CT molecular complexity index is 144. The molecule has 0 radical (unpaired) electrons. The molecule has 1 atom stereocenters. The Kier molecular flexibility index (Phi) is 4.90. The van der Waals surface area contributed by atoms with Gasteiger partial charge in [0, 0.05) is 14.7 Å². The van der Waals surface area contributed by atoms with E-state index in [0.717, 1.165) is 12.1 Å². The molecule has 0 bridgehead atoms. The first-order valence-electron chi connectivity index (χ1n) is 5.27. The van der Waals surface area contributed by atoms with Crippen LogP contribution in [-0.2, 0) is 4.43 Å². The largest absolute Gasteiger partial charge is 0.418 e. The van der Waals surface area contributed by atoms with Gasteiger partial charge < -0.3 is 4.43 Å². The molecular formula is C10H26OSi2. The summed E-state index contributed by atoms with van der Waals surface area (Å²) in [6.07, 6.45) is 1.25. The van der Waals surface area contributed by atoms with E-state index in [2.05, 4.69) is 46.2 Å². The van der Waals surface area contributed by atoms with Gasteiger partial charge in [-0.2, -0.15) is 0 Å². The summed E-state index contributed by atoms with van der Waals surface area (Å²) in [6.45, 7) is 17.4. The van der Waals surface area contributed by atoms with E-state index < -0.39 is 16.4 Å². The van der Waals surface area contributed by atoms with Crippen LogP contribution in [-0.4, -0.2) is 23.0 Å². The maximum Gasteiger partial charge on any atom is 0.183 e. The van der Waals surface area contributed by atoms with Gasteiger partial charge >= 0.3 is 0 Å². The van der Waals surface area contributed by atoms with E-state index in [4.69, 9.17) is 4.43 Å². The Morgan fingerprint density at radius 1 is 1.00 bits per heavy atom. The second kappa shape index (κ2) is 4.76. The molecule has 0 aliphatic heterocycles.